The molecular weight excluding hydrogens is 899 g/mol. The lowest BCUT2D eigenvalue weighted by atomic mass is 10.1. The van der Waals surface area contributed by atoms with Gasteiger partial charge in [0, 0.05) is 48.7 Å². The van der Waals surface area contributed by atoms with Crippen molar-refractivity contribution in [2.45, 2.75) is 25.9 Å². The summed E-state index contributed by atoms with van der Waals surface area (Å²) in [4.78, 5) is 55.6. The Hall–Kier alpha value is -6.68. The molecule has 22 heteroatoms. The first-order valence-electron chi connectivity index (χ1n) is 20.0. The molecule has 0 unspecified atom stereocenters. The number of anilines is 2. The number of hydrogen-bond acceptors (Lipinski definition) is 11. The van der Waals surface area contributed by atoms with Crippen molar-refractivity contribution in [3.8, 4) is 11.5 Å². The van der Waals surface area contributed by atoms with Crippen molar-refractivity contribution in [1.29, 1.82) is 0 Å². The van der Waals surface area contributed by atoms with Crippen molar-refractivity contribution in [2.75, 3.05) is 65.5 Å². The smallest absolute Gasteiger partial charge is 0.324 e. The third-order valence-corrected chi connectivity index (χ3v) is 13.5. The Morgan fingerprint density at radius 1 is 0.615 bits per heavy atom. The number of hydrogen-bond donors (Lipinski definition) is 1. The largest absolute Gasteiger partial charge is 0.415 e. The highest BCUT2D eigenvalue weighted by molar-refractivity contribution is 7.91. The Morgan fingerprint density at radius 2 is 1.05 bits per heavy atom. The van der Waals surface area contributed by atoms with Gasteiger partial charge in [-0.3, -0.25) is 19.4 Å². The average Bonchev–Trinajstić information content (AvgIpc) is 3.81. The molecule has 4 aromatic carbocycles. The van der Waals surface area contributed by atoms with Crippen molar-refractivity contribution in [1.82, 2.24) is 25.3 Å². The summed E-state index contributed by atoms with van der Waals surface area (Å²) in [5, 5.41) is 8.82. The Bertz CT molecular complexity index is 2630. The van der Waals surface area contributed by atoms with Crippen LogP contribution in [0.25, 0.3) is 11.5 Å². The van der Waals surface area contributed by atoms with Crippen LogP contribution in [0.15, 0.2) is 114 Å². The molecule has 16 nitrogen and oxygen atoms in total. The van der Waals surface area contributed by atoms with E-state index in [0.29, 0.717) is 22.5 Å². The number of carbonyl (C=O) groups excluding carboxylic acids is 4. The summed E-state index contributed by atoms with van der Waals surface area (Å²) in [6, 6.07) is 30.4. The topological polar surface area (TPSA) is 200 Å². The SMILES string of the molecule is O=C(CNC(=O)C(F)F)c1ccc(CN(C(=O)N2CCS(=O)(=O)CC2)c2ccccc2)cc1.O=C(N1CCS(=O)(=O)CC1)N(Cc1ccc(-c2nnc(C(F)F)o2)cc1)c1ccccc1. The van der Waals surface area contributed by atoms with Gasteiger partial charge in [0.25, 0.3) is 11.8 Å². The lowest BCUT2D eigenvalue weighted by molar-refractivity contribution is -0.131. The lowest BCUT2D eigenvalue weighted by Crippen LogP contribution is -2.49. The maximum absolute atomic E-state index is 13.2. The van der Waals surface area contributed by atoms with Crippen molar-refractivity contribution in [3.05, 3.63) is 132 Å². The summed E-state index contributed by atoms with van der Waals surface area (Å²) in [6.45, 7) is 0.376. The number of nitrogens with one attached hydrogen (secondary N) is 1. The van der Waals surface area contributed by atoms with Crippen molar-refractivity contribution >= 4 is 54.8 Å². The van der Waals surface area contributed by atoms with Gasteiger partial charge in [-0.05, 0) is 47.5 Å². The molecule has 0 saturated carbocycles. The van der Waals surface area contributed by atoms with E-state index < -0.39 is 56.7 Å². The zero-order valence-corrected chi connectivity index (χ0v) is 36.1. The molecule has 1 aromatic heterocycles. The molecule has 2 aliphatic heterocycles. The highest BCUT2D eigenvalue weighted by Gasteiger charge is 2.31. The number of alkyl halides is 4. The predicted molar refractivity (Wildman–Crippen MR) is 231 cm³/mol. The summed E-state index contributed by atoms with van der Waals surface area (Å²) in [7, 11) is -6.25. The first-order chi connectivity index (χ1) is 31.0. The molecule has 0 atom stereocenters. The normalized spacial score (nSPS) is 15.4. The van der Waals surface area contributed by atoms with Gasteiger partial charge in [-0.15, -0.1) is 10.2 Å². The Kier molecular flexibility index (Phi) is 15.7. The zero-order chi connectivity index (χ0) is 46.7. The van der Waals surface area contributed by atoms with E-state index in [4.69, 9.17) is 4.42 Å². The number of aromatic nitrogens is 2. The first-order valence-corrected chi connectivity index (χ1v) is 23.7. The quantitative estimate of drug-likeness (QED) is 0.120. The molecule has 65 heavy (non-hydrogen) atoms. The van der Waals surface area contributed by atoms with E-state index >= 15 is 0 Å². The van der Waals surface area contributed by atoms with E-state index in [2.05, 4.69) is 10.2 Å². The van der Waals surface area contributed by atoms with Crippen LogP contribution in [-0.4, -0.2) is 123 Å². The number of benzene rings is 4. The Labute approximate surface area is 371 Å². The monoisotopic (exact) mass is 941 g/mol. The van der Waals surface area contributed by atoms with Gasteiger partial charge in [0.05, 0.1) is 42.6 Å². The second-order valence-electron chi connectivity index (χ2n) is 14.8. The van der Waals surface area contributed by atoms with Gasteiger partial charge in [-0.1, -0.05) is 72.8 Å². The molecule has 0 aliphatic carbocycles. The molecule has 0 radical (unpaired) electrons. The fraction of sp³-hybridized carbons (Fsp3) is 0.302. The number of rotatable bonds is 12. The van der Waals surface area contributed by atoms with E-state index in [-0.39, 0.29) is 85.8 Å². The second-order valence-corrected chi connectivity index (χ2v) is 19.4. The van der Waals surface area contributed by atoms with Gasteiger partial charge in [0.15, 0.2) is 25.5 Å². The van der Waals surface area contributed by atoms with Gasteiger partial charge < -0.3 is 19.5 Å². The van der Waals surface area contributed by atoms with Gasteiger partial charge in [-0.2, -0.15) is 17.6 Å². The summed E-state index contributed by atoms with van der Waals surface area (Å²) >= 11 is 0. The molecule has 3 heterocycles. The van der Waals surface area contributed by atoms with Crippen LogP contribution in [0.2, 0.25) is 0 Å². The number of sulfone groups is 2. The first kappa shape index (κ1) is 47.8. The second kappa shape index (κ2) is 21.3. The van der Waals surface area contributed by atoms with Crippen molar-refractivity contribution in [3.63, 3.8) is 0 Å². The van der Waals surface area contributed by atoms with E-state index in [1.54, 1.807) is 77.7 Å². The number of carbonyl (C=O) groups is 4. The van der Waals surface area contributed by atoms with Gasteiger partial charge in [0.1, 0.15) is 0 Å². The lowest BCUT2D eigenvalue weighted by Gasteiger charge is -2.33. The maximum Gasteiger partial charge on any atom is 0.324 e. The van der Waals surface area contributed by atoms with Gasteiger partial charge in [0.2, 0.25) is 5.89 Å². The molecular formula is C43H43F4N7O9S2. The zero-order valence-electron chi connectivity index (χ0n) is 34.5. The van der Waals surface area contributed by atoms with E-state index in [1.165, 1.54) is 26.8 Å². The summed E-state index contributed by atoms with van der Waals surface area (Å²) < 4.78 is 102. The van der Waals surface area contributed by atoms with Crippen molar-refractivity contribution < 1.29 is 58.0 Å². The molecule has 2 saturated heterocycles. The molecule has 0 spiro atoms. The highest BCUT2D eigenvalue weighted by atomic mass is 32.2. The maximum atomic E-state index is 13.2. The third-order valence-electron chi connectivity index (χ3n) is 10.2. The van der Waals surface area contributed by atoms with Gasteiger partial charge >= 0.3 is 24.9 Å². The molecule has 0 bridgehead atoms. The number of urea groups is 2. The Balaban J connectivity index is 0.000000215. The molecule has 1 N–H and O–H groups in total. The number of halogens is 4. The summed E-state index contributed by atoms with van der Waals surface area (Å²) in [5.74, 6) is -3.07. The molecule has 2 aliphatic rings. The van der Waals surface area contributed by atoms with Crippen LogP contribution in [0.4, 0.5) is 38.5 Å². The number of amides is 5. The van der Waals surface area contributed by atoms with Crippen molar-refractivity contribution in [2.24, 2.45) is 0 Å². The highest BCUT2D eigenvalue weighted by Crippen LogP contribution is 2.26. The van der Waals surface area contributed by atoms with E-state index in [1.807, 2.05) is 29.6 Å². The fourth-order valence-electron chi connectivity index (χ4n) is 6.60. The van der Waals surface area contributed by atoms with E-state index in [9.17, 15) is 53.6 Å². The number of ketones is 1. The van der Waals surface area contributed by atoms with Crippen LogP contribution >= 0.6 is 0 Å². The number of Topliss-reactive ketones (excluding diaryl/α,β-unsaturated/α-hetero) is 1. The molecule has 5 amide bonds. The fourth-order valence-corrected chi connectivity index (χ4v) is 9.01. The molecule has 344 valence electrons. The van der Waals surface area contributed by atoms with Crippen LogP contribution in [0.1, 0.15) is 33.8 Å². The minimum atomic E-state index is -3.19. The summed E-state index contributed by atoms with van der Waals surface area (Å²) in [6.07, 6.45) is -6.03. The average molecular weight is 942 g/mol. The van der Waals surface area contributed by atoms with Crippen LogP contribution in [0.5, 0.6) is 0 Å². The minimum absolute atomic E-state index is 0.0163. The van der Waals surface area contributed by atoms with Crippen LogP contribution < -0.4 is 15.1 Å². The summed E-state index contributed by atoms with van der Waals surface area (Å²) in [5.41, 5.74) is 3.49. The van der Waals surface area contributed by atoms with Crippen LogP contribution in [0.3, 0.4) is 0 Å². The van der Waals surface area contributed by atoms with Crippen LogP contribution in [-0.2, 0) is 37.6 Å². The third kappa shape index (κ3) is 13.2. The number of nitrogens with zero attached hydrogens (tertiary/aromatic N) is 6. The number of para-hydroxylation sites is 2. The molecule has 5 aromatic rings. The molecule has 2 fully saturated rings. The van der Waals surface area contributed by atoms with Gasteiger partial charge in [-0.25, -0.2) is 26.4 Å². The molecule has 7 rings (SSSR count). The Morgan fingerprint density at radius 3 is 1.45 bits per heavy atom. The predicted octanol–water partition coefficient (Wildman–Crippen LogP) is 5.64. The minimum Gasteiger partial charge on any atom is -0.415 e. The van der Waals surface area contributed by atoms with Crippen LogP contribution in [0, 0.1) is 0 Å². The standard InChI is InChI=1S/C22H23F2N3O5S.C21H20F2N4O4S/c23-20(24)21(29)25-14-19(28)17-8-6-16(7-9-17)15-27(18-4-2-1-3-5-18)22(30)26-10-12-33(31,32)13-11-26;22-18(23)20-25-24-19(31-20)16-8-6-15(7-9-16)14-27(17-4-2-1-3-5-17)21(28)26-10-12-32(29,30)13-11-26/h1-9,20H,10-15H2,(H,25,29);1-9,18H,10-14H2. The van der Waals surface area contributed by atoms with E-state index in [0.717, 1.165) is 5.56 Å².